The van der Waals surface area contributed by atoms with E-state index >= 15 is 0 Å². The monoisotopic (exact) mass is 421 g/mol. The number of anilines is 2. The van der Waals surface area contributed by atoms with Gasteiger partial charge in [-0.1, -0.05) is 73.1 Å². The summed E-state index contributed by atoms with van der Waals surface area (Å²) >= 11 is 0. The quantitative estimate of drug-likeness (QED) is 0.493. The minimum atomic E-state index is 0.927. The van der Waals surface area contributed by atoms with E-state index in [0.29, 0.717) is 0 Å². The van der Waals surface area contributed by atoms with Gasteiger partial charge in [-0.25, -0.2) is 4.99 Å². The van der Waals surface area contributed by atoms with Gasteiger partial charge in [0.1, 0.15) is 0 Å². The molecule has 0 aliphatic heterocycles. The molecule has 170 valence electrons. The molecule has 31 heavy (non-hydrogen) atoms. The summed E-state index contributed by atoms with van der Waals surface area (Å²) in [6.07, 6.45) is 7.87. The lowest BCUT2D eigenvalue weighted by molar-refractivity contribution is 1.44. The fraction of sp³-hybridized carbons (Fsp3) is 0.357. The molecule has 1 aliphatic rings. The van der Waals surface area contributed by atoms with Crippen LogP contribution in [0.25, 0.3) is 0 Å². The summed E-state index contributed by atoms with van der Waals surface area (Å²) in [5.74, 6) is 0. The van der Waals surface area contributed by atoms with Crippen LogP contribution in [-0.2, 0) is 0 Å². The Morgan fingerprint density at radius 3 is 1.35 bits per heavy atom. The van der Waals surface area contributed by atoms with Gasteiger partial charge in [-0.05, 0) is 67.6 Å². The van der Waals surface area contributed by atoms with Crippen LogP contribution in [0.15, 0.2) is 82.8 Å². The Morgan fingerprint density at radius 1 is 0.548 bits per heavy atom. The number of aliphatic imine (C=N–C) groups is 2. The van der Waals surface area contributed by atoms with E-state index in [-0.39, 0.29) is 0 Å². The van der Waals surface area contributed by atoms with E-state index in [1.54, 1.807) is 7.05 Å². The van der Waals surface area contributed by atoms with E-state index < -0.39 is 0 Å². The second-order valence-corrected chi connectivity index (χ2v) is 5.39. The minimum Gasteiger partial charge on any atom is -0.356 e. The average molecular weight is 422 g/mol. The van der Waals surface area contributed by atoms with E-state index in [1.807, 2.05) is 104 Å². The number of hydrogen-bond donors (Lipinski definition) is 1. The molecule has 0 spiro atoms. The second-order valence-electron chi connectivity index (χ2n) is 5.39. The van der Waals surface area contributed by atoms with Crippen molar-refractivity contribution in [3.8, 4) is 0 Å². The highest BCUT2D eigenvalue weighted by Crippen LogP contribution is 2.21. The van der Waals surface area contributed by atoms with E-state index in [0.717, 1.165) is 28.5 Å². The van der Waals surface area contributed by atoms with Crippen molar-refractivity contribution >= 4 is 28.5 Å². The summed E-state index contributed by atoms with van der Waals surface area (Å²) < 4.78 is 0. The Labute approximate surface area is 191 Å². The van der Waals surface area contributed by atoms with Gasteiger partial charge in [0, 0.05) is 18.4 Å². The molecule has 0 amide bonds. The van der Waals surface area contributed by atoms with Gasteiger partial charge < -0.3 is 5.32 Å². The molecule has 0 heterocycles. The average Bonchev–Trinajstić information content (AvgIpc) is 2.87. The summed E-state index contributed by atoms with van der Waals surface area (Å²) in [6.45, 7) is 18.1. The van der Waals surface area contributed by atoms with Crippen molar-refractivity contribution in [1.82, 2.24) is 0 Å². The third-order valence-corrected chi connectivity index (χ3v) is 3.57. The van der Waals surface area contributed by atoms with E-state index in [9.17, 15) is 0 Å². The van der Waals surface area contributed by atoms with Crippen molar-refractivity contribution in [1.29, 1.82) is 0 Å². The van der Waals surface area contributed by atoms with E-state index in [4.69, 9.17) is 0 Å². The Kier molecular flexibility index (Phi) is 19.8. The van der Waals surface area contributed by atoms with Crippen LogP contribution in [0.5, 0.6) is 0 Å². The summed E-state index contributed by atoms with van der Waals surface area (Å²) in [7, 11) is 1.78. The third kappa shape index (κ3) is 12.4. The molecule has 0 fully saturated rings. The highest BCUT2D eigenvalue weighted by molar-refractivity contribution is 6.18. The van der Waals surface area contributed by atoms with Crippen molar-refractivity contribution in [3.63, 3.8) is 0 Å². The largest absolute Gasteiger partial charge is 0.356 e. The molecule has 0 saturated carbocycles. The van der Waals surface area contributed by atoms with Gasteiger partial charge in [0.2, 0.25) is 0 Å². The molecule has 1 aliphatic carbocycles. The van der Waals surface area contributed by atoms with Gasteiger partial charge in [-0.3, -0.25) is 4.99 Å². The van der Waals surface area contributed by atoms with Crippen LogP contribution in [0.4, 0.5) is 17.1 Å². The van der Waals surface area contributed by atoms with Crippen LogP contribution < -0.4 is 5.32 Å². The van der Waals surface area contributed by atoms with Crippen molar-refractivity contribution in [2.24, 2.45) is 9.98 Å². The number of nitrogens with one attached hydrogen (secondary N) is 1. The van der Waals surface area contributed by atoms with E-state index in [1.165, 1.54) is 5.56 Å². The standard InChI is InChI=1S/C20H19N3.4C2H6/c1-15-3-5-17(6-4-15)22-19-11-13-20(14-12-19)23-18-9-7-16(21-2)8-10-18;4*1-2/h3-14,22H,1-2H3;4*1-2H3. The first-order chi connectivity index (χ1) is 15.2. The zero-order valence-electron chi connectivity index (χ0n) is 21.3. The molecule has 0 atom stereocenters. The zero-order chi connectivity index (χ0) is 24.1. The van der Waals surface area contributed by atoms with Crippen LogP contribution in [0.3, 0.4) is 0 Å². The van der Waals surface area contributed by atoms with Crippen molar-refractivity contribution in [2.45, 2.75) is 62.3 Å². The maximum atomic E-state index is 4.61. The number of nitrogens with zero attached hydrogens (tertiary/aromatic N) is 2. The van der Waals surface area contributed by atoms with Gasteiger partial charge in [-0.15, -0.1) is 0 Å². The van der Waals surface area contributed by atoms with Gasteiger partial charge in [0.15, 0.2) is 0 Å². The molecule has 0 saturated heterocycles. The molecular weight excluding hydrogens is 378 g/mol. The van der Waals surface area contributed by atoms with Crippen LogP contribution in [0.1, 0.15) is 61.0 Å². The van der Waals surface area contributed by atoms with Crippen molar-refractivity contribution < 1.29 is 0 Å². The fourth-order valence-corrected chi connectivity index (χ4v) is 2.25. The fourth-order valence-electron chi connectivity index (χ4n) is 2.25. The number of allylic oxidation sites excluding steroid dienone is 4. The Bertz CT molecular complexity index is 775. The molecule has 2 aromatic carbocycles. The second kappa shape index (κ2) is 20.3. The molecule has 0 aromatic heterocycles. The van der Waals surface area contributed by atoms with Crippen molar-refractivity contribution in [3.05, 3.63) is 78.4 Å². The van der Waals surface area contributed by atoms with E-state index in [2.05, 4.69) is 46.5 Å². The predicted molar refractivity (Wildman–Crippen MR) is 145 cm³/mol. The van der Waals surface area contributed by atoms with Crippen molar-refractivity contribution in [2.75, 3.05) is 12.4 Å². The van der Waals surface area contributed by atoms with Crippen LogP contribution in [0.2, 0.25) is 0 Å². The van der Waals surface area contributed by atoms with Gasteiger partial charge in [-0.2, -0.15) is 0 Å². The first-order valence-electron chi connectivity index (χ1n) is 11.6. The number of benzene rings is 2. The summed E-state index contributed by atoms with van der Waals surface area (Å²) in [5, 5.41) is 3.38. The van der Waals surface area contributed by atoms with Gasteiger partial charge in [0.05, 0.1) is 17.1 Å². The lowest BCUT2D eigenvalue weighted by atomic mass is 10.1. The smallest absolute Gasteiger partial charge is 0.0638 e. The molecule has 3 nitrogen and oxygen atoms in total. The van der Waals surface area contributed by atoms with Crippen LogP contribution >= 0.6 is 0 Å². The summed E-state index contributed by atoms with van der Waals surface area (Å²) in [5.41, 5.74) is 6.21. The highest BCUT2D eigenvalue weighted by Gasteiger charge is 1.99. The number of rotatable bonds is 3. The maximum Gasteiger partial charge on any atom is 0.0638 e. The Morgan fingerprint density at radius 2 is 0.935 bits per heavy atom. The Balaban J connectivity index is 0. The Hall–Kier alpha value is -2.94. The topological polar surface area (TPSA) is 36.8 Å². The normalized spacial score (nSPS) is 10.5. The van der Waals surface area contributed by atoms with Crippen LogP contribution in [-0.4, -0.2) is 18.5 Å². The molecular formula is C28H43N3. The summed E-state index contributed by atoms with van der Waals surface area (Å²) in [4.78, 5) is 8.73. The summed E-state index contributed by atoms with van der Waals surface area (Å²) in [6, 6.07) is 16.4. The molecule has 0 bridgehead atoms. The van der Waals surface area contributed by atoms with Gasteiger partial charge in [0.25, 0.3) is 0 Å². The lowest BCUT2D eigenvalue weighted by Crippen LogP contribution is -1.99. The molecule has 3 rings (SSSR count). The first kappa shape index (κ1) is 30.3. The predicted octanol–water partition coefficient (Wildman–Crippen LogP) is 9.11. The lowest BCUT2D eigenvalue weighted by Gasteiger charge is -2.07. The molecule has 0 radical (unpaired) electrons. The first-order valence-corrected chi connectivity index (χ1v) is 11.6. The number of aryl methyl sites for hydroxylation is 1. The molecule has 2 aromatic rings. The SMILES string of the molecule is CC.CC.CC.CC.CN=C1C=CC(=Nc2ccc(Nc3ccc(C)cc3)cc2)C=C1. The highest BCUT2D eigenvalue weighted by atomic mass is 14.9. The third-order valence-electron chi connectivity index (χ3n) is 3.57. The maximum absolute atomic E-state index is 4.61. The molecule has 3 heteroatoms. The minimum absolute atomic E-state index is 0.927. The number of hydrogen-bond acceptors (Lipinski definition) is 3. The van der Waals surface area contributed by atoms with Crippen LogP contribution in [0, 0.1) is 6.92 Å². The van der Waals surface area contributed by atoms with Gasteiger partial charge >= 0.3 is 0 Å². The molecule has 0 unspecified atom stereocenters. The molecule has 1 N–H and O–H groups in total. The zero-order valence-corrected chi connectivity index (χ0v) is 21.3.